The monoisotopic (exact) mass is 262 g/mol. The molecule has 1 aromatic rings. The third kappa shape index (κ3) is 4.86. The molecule has 0 bridgehead atoms. The summed E-state index contributed by atoms with van der Waals surface area (Å²) < 4.78 is 5.09. The number of nitrogens with zero attached hydrogens (tertiary/aromatic N) is 3. The van der Waals surface area contributed by atoms with E-state index >= 15 is 0 Å². The minimum atomic E-state index is -0.0133. The summed E-state index contributed by atoms with van der Waals surface area (Å²) in [6.07, 6.45) is 3.17. The Labute approximate surface area is 115 Å². The van der Waals surface area contributed by atoms with Gasteiger partial charge in [0.05, 0.1) is 36.7 Å². The molecule has 5 nitrogen and oxygen atoms in total. The molecule has 0 saturated carbocycles. The van der Waals surface area contributed by atoms with Gasteiger partial charge in [0.1, 0.15) is 0 Å². The molecule has 0 fully saturated rings. The molecule has 2 N–H and O–H groups in total. The highest BCUT2D eigenvalue weighted by atomic mass is 16.5. The van der Waals surface area contributed by atoms with E-state index < -0.39 is 0 Å². The molecule has 1 heterocycles. The van der Waals surface area contributed by atoms with Gasteiger partial charge in [-0.1, -0.05) is 6.92 Å². The summed E-state index contributed by atoms with van der Waals surface area (Å²) in [7, 11) is 1.67. The number of anilines is 1. The number of nitrogens with two attached hydrogens (primary N) is 1. The maximum absolute atomic E-state index is 8.70. The molecule has 19 heavy (non-hydrogen) atoms. The molecule has 0 aliphatic heterocycles. The summed E-state index contributed by atoms with van der Waals surface area (Å²) in [5.41, 5.74) is 7.84. The smallest absolute Gasteiger partial charge is 0.0640 e. The van der Waals surface area contributed by atoms with Crippen molar-refractivity contribution >= 4 is 5.69 Å². The molecular formula is C14H22N4O. The lowest BCUT2D eigenvalue weighted by Gasteiger charge is -2.23. The fourth-order valence-corrected chi connectivity index (χ4v) is 1.77. The molecule has 0 spiro atoms. The summed E-state index contributed by atoms with van der Waals surface area (Å²) in [5, 5.41) is 8.70. The topological polar surface area (TPSA) is 75.2 Å². The Bertz CT molecular complexity index is 399. The fourth-order valence-electron chi connectivity index (χ4n) is 1.77. The van der Waals surface area contributed by atoms with Crippen molar-refractivity contribution in [3.63, 3.8) is 0 Å². The predicted octanol–water partition coefficient (Wildman–Crippen LogP) is 1.86. The van der Waals surface area contributed by atoms with Crippen LogP contribution in [0.15, 0.2) is 18.3 Å². The molecule has 0 amide bonds. The Balaban J connectivity index is 2.75. The lowest BCUT2D eigenvalue weighted by molar-refractivity contribution is 0.205. The maximum Gasteiger partial charge on any atom is 0.0640 e. The van der Waals surface area contributed by atoms with Crippen LogP contribution in [0.4, 0.5) is 5.69 Å². The fraction of sp³-hybridized carbons (Fsp3) is 0.571. The van der Waals surface area contributed by atoms with Gasteiger partial charge in [0.25, 0.3) is 0 Å². The molecule has 1 rings (SSSR count). The van der Waals surface area contributed by atoms with Crippen LogP contribution in [0.25, 0.3) is 0 Å². The minimum absolute atomic E-state index is 0.0133. The third-order valence-electron chi connectivity index (χ3n) is 3.01. The minimum Gasteiger partial charge on any atom is -0.383 e. The van der Waals surface area contributed by atoms with Gasteiger partial charge < -0.3 is 15.4 Å². The van der Waals surface area contributed by atoms with Gasteiger partial charge in [-0.3, -0.25) is 4.98 Å². The second kappa shape index (κ2) is 8.46. The first-order valence-electron chi connectivity index (χ1n) is 6.55. The number of methoxy groups -OCH3 is 1. The summed E-state index contributed by atoms with van der Waals surface area (Å²) in [4.78, 5) is 6.49. The van der Waals surface area contributed by atoms with Crippen molar-refractivity contribution in [1.82, 2.24) is 4.98 Å². The molecule has 0 unspecified atom stereocenters. The van der Waals surface area contributed by atoms with Gasteiger partial charge in [-0.2, -0.15) is 5.26 Å². The lowest BCUT2D eigenvalue weighted by Crippen LogP contribution is -2.28. The van der Waals surface area contributed by atoms with Crippen molar-refractivity contribution in [3.8, 4) is 6.07 Å². The molecule has 5 heteroatoms. The number of rotatable bonds is 8. The Morgan fingerprint density at radius 3 is 2.79 bits per heavy atom. The first-order valence-corrected chi connectivity index (χ1v) is 6.55. The zero-order valence-electron chi connectivity index (χ0n) is 11.7. The van der Waals surface area contributed by atoms with Crippen LogP contribution in [0.5, 0.6) is 0 Å². The highest BCUT2D eigenvalue weighted by Crippen LogP contribution is 2.17. The Hall–Kier alpha value is -1.64. The van der Waals surface area contributed by atoms with Gasteiger partial charge in [-0.25, -0.2) is 0 Å². The van der Waals surface area contributed by atoms with Crippen molar-refractivity contribution in [2.45, 2.75) is 25.8 Å². The third-order valence-corrected chi connectivity index (χ3v) is 3.01. The number of aromatic nitrogens is 1. The molecule has 0 aromatic carbocycles. The Kier molecular flexibility index (Phi) is 6.86. The standard InChI is InChI=1S/C14H22N4O/c1-3-13(16)14-6-5-12(11-17-14)18(8-4-7-15)9-10-19-2/h5-6,11,13H,3-4,8-10,16H2,1-2H3/t13-/m1/s1. The molecular weight excluding hydrogens is 240 g/mol. The van der Waals surface area contributed by atoms with E-state index in [2.05, 4.69) is 16.0 Å². The summed E-state index contributed by atoms with van der Waals surface area (Å²) in [5.74, 6) is 0. The van der Waals surface area contributed by atoms with Gasteiger partial charge in [0.2, 0.25) is 0 Å². The molecule has 0 aliphatic rings. The first-order chi connectivity index (χ1) is 9.22. The highest BCUT2D eigenvalue weighted by molar-refractivity contribution is 5.44. The van der Waals surface area contributed by atoms with Gasteiger partial charge in [0, 0.05) is 26.2 Å². The van der Waals surface area contributed by atoms with E-state index in [1.807, 2.05) is 25.3 Å². The van der Waals surface area contributed by atoms with Crippen molar-refractivity contribution in [2.24, 2.45) is 5.73 Å². The summed E-state index contributed by atoms with van der Waals surface area (Å²) >= 11 is 0. The second-order valence-corrected chi connectivity index (χ2v) is 4.34. The summed E-state index contributed by atoms with van der Waals surface area (Å²) in [6.45, 7) is 4.10. The summed E-state index contributed by atoms with van der Waals surface area (Å²) in [6, 6.07) is 6.11. The quantitative estimate of drug-likeness (QED) is 0.774. The zero-order chi connectivity index (χ0) is 14.1. The number of nitriles is 1. The van der Waals surface area contributed by atoms with Crippen LogP contribution in [0, 0.1) is 11.3 Å². The molecule has 0 aliphatic carbocycles. The van der Waals surface area contributed by atoms with E-state index in [0.29, 0.717) is 19.6 Å². The van der Waals surface area contributed by atoms with E-state index in [4.69, 9.17) is 15.7 Å². The van der Waals surface area contributed by atoms with Gasteiger partial charge in [-0.05, 0) is 18.6 Å². The molecule has 0 saturated heterocycles. The van der Waals surface area contributed by atoms with Crippen LogP contribution in [-0.2, 0) is 4.74 Å². The molecule has 104 valence electrons. The predicted molar refractivity (Wildman–Crippen MR) is 75.8 cm³/mol. The lowest BCUT2D eigenvalue weighted by atomic mass is 10.1. The maximum atomic E-state index is 8.70. The number of pyridine rings is 1. The average molecular weight is 262 g/mol. The van der Waals surface area contributed by atoms with E-state index in [1.54, 1.807) is 7.11 Å². The number of hydrogen-bond donors (Lipinski definition) is 1. The largest absolute Gasteiger partial charge is 0.383 e. The van der Waals surface area contributed by atoms with Crippen molar-refractivity contribution in [1.29, 1.82) is 5.26 Å². The number of ether oxygens (including phenoxy) is 1. The van der Waals surface area contributed by atoms with Crippen LogP contribution >= 0.6 is 0 Å². The van der Waals surface area contributed by atoms with E-state index in [9.17, 15) is 0 Å². The van der Waals surface area contributed by atoms with Gasteiger partial charge in [0.15, 0.2) is 0 Å². The van der Waals surface area contributed by atoms with Crippen LogP contribution < -0.4 is 10.6 Å². The van der Waals surface area contributed by atoms with Crippen LogP contribution in [0.3, 0.4) is 0 Å². The molecule has 0 radical (unpaired) electrons. The SMILES string of the molecule is CC[C@@H](N)c1ccc(N(CCC#N)CCOC)cn1. The van der Waals surface area contributed by atoms with Crippen LogP contribution in [-0.4, -0.2) is 31.8 Å². The van der Waals surface area contributed by atoms with E-state index in [1.165, 1.54) is 0 Å². The van der Waals surface area contributed by atoms with Gasteiger partial charge in [-0.15, -0.1) is 0 Å². The highest BCUT2D eigenvalue weighted by Gasteiger charge is 2.09. The Morgan fingerprint density at radius 1 is 1.47 bits per heavy atom. The number of hydrogen-bond acceptors (Lipinski definition) is 5. The zero-order valence-corrected chi connectivity index (χ0v) is 11.7. The van der Waals surface area contributed by atoms with E-state index in [0.717, 1.165) is 24.3 Å². The molecule has 1 atom stereocenters. The Morgan fingerprint density at radius 2 is 2.26 bits per heavy atom. The van der Waals surface area contributed by atoms with Crippen LogP contribution in [0.2, 0.25) is 0 Å². The van der Waals surface area contributed by atoms with Crippen molar-refractivity contribution in [2.75, 3.05) is 31.7 Å². The van der Waals surface area contributed by atoms with Crippen molar-refractivity contribution < 1.29 is 4.74 Å². The van der Waals surface area contributed by atoms with Crippen molar-refractivity contribution in [3.05, 3.63) is 24.0 Å². The molecule has 1 aromatic heterocycles. The van der Waals surface area contributed by atoms with Crippen LogP contribution in [0.1, 0.15) is 31.5 Å². The second-order valence-electron chi connectivity index (χ2n) is 4.34. The van der Waals surface area contributed by atoms with Gasteiger partial charge >= 0.3 is 0 Å². The average Bonchev–Trinajstić information content (AvgIpc) is 2.47. The normalized spacial score (nSPS) is 11.9. The van der Waals surface area contributed by atoms with E-state index in [-0.39, 0.29) is 6.04 Å². The first kappa shape index (κ1) is 15.4.